The number of amides is 2. The van der Waals surface area contributed by atoms with Crippen molar-refractivity contribution in [3.05, 3.63) is 0 Å². The number of carbonyl (C=O) groups is 2. The monoisotopic (exact) mass is 347 g/mol. The zero-order chi connectivity index (χ0) is 17.4. The van der Waals surface area contributed by atoms with E-state index in [9.17, 15) is 9.59 Å². The van der Waals surface area contributed by atoms with Crippen molar-refractivity contribution in [3.8, 4) is 0 Å². The molecule has 25 heavy (non-hydrogen) atoms. The van der Waals surface area contributed by atoms with E-state index in [-0.39, 0.29) is 23.8 Å². The number of carbonyl (C=O) groups excluding carboxylic acids is 2. The van der Waals surface area contributed by atoms with Crippen molar-refractivity contribution in [1.82, 2.24) is 10.2 Å². The molecule has 1 saturated heterocycles. The predicted octanol–water partition coefficient (Wildman–Crippen LogP) is 2.19. The fourth-order valence-electron chi connectivity index (χ4n) is 5.90. The SMILES string of the molecule is NC1C2CCCC1CC(C(=O)NC1CC(=O)N(C3CCCCC3)C1)C2. The highest BCUT2D eigenvalue weighted by Crippen LogP contribution is 2.42. The van der Waals surface area contributed by atoms with Crippen LogP contribution in [0.25, 0.3) is 0 Å². The average Bonchev–Trinajstić information content (AvgIpc) is 2.95. The Morgan fingerprint density at radius 2 is 1.68 bits per heavy atom. The van der Waals surface area contributed by atoms with Crippen LogP contribution in [0.5, 0.6) is 0 Å². The maximum absolute atomic E-state index is 12.8. The molecular weight excluding hydrogens is 314 g/mol. The Hall–Kier alpha value is -1.10. The highest BCUT2D eigenvalue weighted by molar-refractivity contribution is 5.83. The van der Waals surface area contributed by atoms with Gasteiger partial charge in [-0.05, 0) is 50.4 Å². The van der Waals surface area contributed by atoms with Crippen LogP contribution in [0.2, 0.25) is 0 Å². The highest BCUT2D eigenvalue weighted by Gasteiger charge is 2.42. The van der Waals surface area contributed by atoms with Gasteiger partial charge in [-0.2, -0.15) is 0 Å². The molecule has 0 aromatic heterocycles. The molecule has 3 N–H and O–H groups in total. The molecule has 3 aliphatic carbocycles. The summed E-state index contributed by atoms with van der Waals surface area (Å²) < 4.78 is 0. The number of likely N-dealkylation sites (tertiary alicyclic amines) is 1. The second-order valence-electron chi connectivity index (χ2n) is 8.94. The minimum atomic E-state index is 0.0115. The van der Waals surface area contributed by atoms with Gasteiger partial charge in [0.15, 0.2) is 0 Å². The van der Waals surface area contributed by atoms with E-state index in [4.69, 9.17) is 5.73 Å². The van der Waals surface area contributed by atoms with E-state index in [2.05, 4.69) is 10.2 Å². The van der Waals surface area contributed by atoms with Crippen molar-refractivity contribution in [2.24, 2.45) is 23.5 Å². The normalized spacial score (nSPS) is 39.5. The number of nitrogens with one attached hydrogen (secondary N) is 1. The van der Waals surface area contributed by atoms with Crippen LogP contribution in [0, 0.1) is 17.8 Å². The number of hydrogen-bond acceptors (Lipinski definition) is 3. The van der Waals surface area contributed by atoms with Crippen molar-refractivity contribution in [3.63, 3.8) is 0 Å². The summed E-state index contributed by atoms with van der Waals surface area (Å²) in [6.07, 6.45) is 12.0. The number of hydrogen-bond donors (Lipinski definition) is 2. The van der Waals surface area contributed by atoms with Gasteiger partial charge in [-0.15, -0.1) is 0 Å². The molecule has 3 atom stereocenters. The molecular formula is C20H33N3O2. The molecule has 1 aliphatic heterocycles. The van der Waals surface area contributed by atoms with E-state index in [1.807, 2.05) is 0 Å². The minimum Gasteiger partial charge on any atom is -0.351 e. The molecule has 140 valence electrons. The van der Waals surface area contributed by atoms with Gasteiger partial charge in [0.05, 0.1) is 6.04 Å². The molecule has 2 amide bonds. The summed E-state index contributed by atoms with van der Waals surface area (Å²) in [6.45, 7) is 0.717. The Labute approximate surface area is 151 Å². The van der Waals surface area contributed by atoms with Crippen molar-refractivity contribution in [2.75, 3.05) is 6.54 Å². The lowest BCUT2D eigenvalue weighted by molar-refractivity contribution is -0.130. The van der Waals surface area contributed by atoms with E-state index in [1.165, 1.54) is 38.5 Å². The molecule has 0 spiro atoms. The fourth-order valence-corrected chi connectivity index (χ4v) is 5.90. The highest BCUT2D eigenvalue weighted by atomic mass is 16.2. The van der Waals surface area contributed by atoms with Crippen molar-refractivity contribution >= 4 is 11.8 Å². The van der Waals surface area contributed by atoms with Crippen LogP contribution >= 0.6 is 0 Å². The van der Waals surface area contributed by atoms with Crippen LogP contribution in [0.15, 0.2) is 0 Å². The van der Waals surface area contributed by atoms with Gasteiger partial charge in [0.2, 0.25) is 11.8 Å². The molecule has 1 heterocycles. The molecule has 0 radical (unpaired) electrons. The molecule has 5 heteroatoms. The molecule has 4 fully saturated rings. The lowest BCUT2D eigenvalue weighted by Crippen LogP contribution is -2.50. The van der Waals surface area contributed by atoms with Gasteiger partial charge in [0.25, 0.3) is 0 Å². The summed E-state index contributed by atoms with van der Waals surface area (Å²) in [5, 5.41) is 3.21. The molecule has 4 aliphatic rings. The Morgan fingerprint density at radius 1 is 1.00 bits per heavy atom. The summed E-state index contributed by atoms with van der Waals surface area (Å²) in [4.78, 5) is 27.3. The molecule has 3 unspecified atom stereocenters. The Morgan fingerprint density at radius 3 is 2.36 bits per heavy atom. The van der Waals surface area contributed by atoms with Crippen LogP contribution < -0.4 is 11.1 Å². The van der Waals surface area contributed by atoms with Crippen LogP contribution in [-0.4, -0.2) is 41.4 Å². The fraction of sp³-hybridized carbons (Fsp3) is 0.900. The predicted molar refractivity (Wildman–Crippen MR) is 96.7 cm³/mol. The Kier molecular flexibility index (Phi) is 5.03. The third-order valence-electron chi connectivity index (χ3n) is 7.30. The van der Waals surface area contributed by atoms with E-state index in [1.54, 1.807) is 0 Å². The summed E-state index contributed by atoms with van der Waals surface area (Å²) in [6, 6.07) is 0.722. The van der Waals surface area contributed by atoms with Crippen molar-refractivity contribution < 1.29 is 9.59 Å². The van der Waals surface area contributed by atoms with Crippen molar-refractivity contribution in [2.45, 2.75) is 88.8 Å². The first-order valence-corrected chi connectivity index (χ1v) is 10.5. The molecule has 2 bridgehead atoms. The quantitative estimate of drug-likeness (QED) is 0.822. The van der Waals surface area contributed by atoms with Gasteiger partial charge >= 0.3 is 0 Å². The van der Waals surface area contributed by atoms with Crippen LogP contribution in [0.3, 0.4) is 0 Å². The smallest absolute Gasteiger partial charge is 0.225 e. The second kappa shape index (κ2) is 7.26. The van der Waals surface area contributed by atoms with E-state index in [0.29, 0.717) is 36.9 Å². The zero-order valence-electron chi connectivity index (χ0n) is 15.3. The first kappa shape index (κ1) is 17.3. The van der Waals surface area contributed by atoms with E-state index < -0.39 is 0 Å². The van der Waals surface area contributed by atoms with Gasteiger partial charge in [0.1, 0.15) is 0 Å². The second-order valence-corrected chi connectivity index (χ2v) is 8.94. The van der Waals surface area contributed by atoms with Gasteiger partial charge in [-0.3, -0.25) is 9.59 Å². The van der Waals surface area contributed by atoms with Gasteiger partial charge < -0.3 is 16.0 Å². The molecule has 3 saturated carbocycles. The Balaban J connectivity index is 1.31. The van der Waals surface area contributed by atoms with Crippen molar-refractivity contribution in [1.29, 1.82) is 0 Å². The molecule has 0 aromatic carbocycles. The van der Waals surface area contributed by atoms with Crippen LogP contribution in [0.4, 0.5) is 0 Å². The maximum atomic E-state index is 12.8. The average molecular weight is 348 g/mol. The van der Waals surface area contributed by atoms with E-state index in [0.717, 1.165) is 25.7 Å². The van der Waals surface area contributed by atoms with E-state index >= 15 is 0 Å². The van der Waals surface area contributed by atoms with Gasteiger partial charge in [-0.25, -0.2) is 0 Å². The molecule has 4 rings (SSSR count). The third kappa shape index (κ3) is 3.57. The molecule has 5 nitrogen and oxygen atoms in total. The van der Waals surface area contributed by atoms with Crippen LogP contribution in [-0.2, 0) is 9.59 Å². The standard InChI is InChI=1S/C20H33N3O2/c21-19-13-5-4-6-14(19)10-15(9-13)20(25)22-16-11-18(24)23(12-16)17-7-2-1-3-8-17/h13-17,19H,1-12,21H2,(H,22,25). The first-order chi connectivity index (χ1) is 12.1. The lowest BCUT2D eigenvalue weighted by atomic mass is 9.65. The summed E-state index contributed by atoms with van der Waals surface area (Å²) in [7, 11) is 0. The summed E-state index contributed by atoms with van der Waals surface area (Å²) in [5.41, 5.74) is 6.35. The van der Waals surface area contributed by atoms with Gasteiger partial charge in [-0.1, -0.05) is 25.7 Å². The minimum absolute atomic E-state index is 0.0115. The topological polar surface area (TPSA) is 75.4 Å². The Bertz CT molecular complexity index is 503. The zero-order valence-corrected chi connectivity index (χ0v) is 15.3. The molecule has 0 aromatic rings. The lowest BCUT2D eigenvalue weighted by Gasteiger charge is -2.43. The number of nitrogens with zero attached hydrogens (tertiary/aromatic N) is 1. The summed E-state index contributed by atoms with van der Waals surface area (Å²) in [5.74, 6) is 1.56. The maximum Gasteiger partial charge on any atom is 0.225 e. The first-order valence-electron chi connectivity index (χ1n) is 10.5. The number of nitrogens with two attached hydrogens (primary N) is 1. The summed E-state index contributed by atoms with van der Waals surface area (Å²) >= 11 is 0. The van der Waals surface area contributed by atoms with Crippen LogP contribution in [0.1, 0.15) is 70.6 Å². The number of rotatable bonds is 3. The van der Waals surface area contributed by atoms with Gasteiger partial charge in [0, 0.05) is 31.0 Å². The largest absolute Gasteiger partial charge is 0.351 e. The number of fused-ring (bicyclic) bond motifs is 2. The third-order valence-corrected chi connectivity index (χ3v) is 7.30.